The van der Waals surface area contributed by atoms with Crippen LogP contribution in [0.5, 0.6) is 0 Å². The second-order valence-corrected chi connectivity index (χ2v) is 9.56. The van der Waals surface area contributed by atoms with Gasteiger partial charge in [0, 0.05) is 39.6 Å². The van der Waals surface area contributed by atoms with E-state index in [9.17, 15) is 4.79 Å². The first-order valence-corrected chi connectivity index (χ1v) is 11.9. The molecule has 2 aliphatic heterocycles. The Bertz CT molecular complexity index is 802. The number of nitrogens with zero attached hydrogens (tertiary/aromatic N) is 3. The fourth-order valence-corrected chi connectivity index (χ4v) is 5.13. The van der Waals surface area contributed by atoms with Crippen molar-refractivity contribution in [2.45, 2.75) is 38.8 Å². The Morgan fingerprint density at radius 1 is 0.839 bits per heavy atom. The summed E-state index contributed by atoms with van der Waals surface area (Å²) in [5, 5.41) is 0. The highest BCUT2D eigenvalue weighted by Crippen LogP contribution is 2.25. The molecule has 0 saturated carbocycles. The van der Waals surface area contributed by atoms with Gasteiger partial charge in [-0.2, -0.15) is 0 Å². The molecular weight excluding hydrogens is 382 g/mol. The maximum absolute atomic E-state index is 12.7. The molecule has 166 valence electrons. The topological polar surface area (TPSA) is 26.8 Å². The first-order valence-electron chi connectivity index (χ1n) is 11.9. The van der Waals surface area contributed by atoms with Gasteiger partial charge in [0.25, 0.3) is 0 Å². The summed E-state index contributed by atoms with van der Waals surface area (Å²) in [4.78, 5) is 19.8. The maximum Gasteiger partial charge on any atom is 0.222 e. The molecule has 1 amide bonds. The molecular formula is C27H37N3O. The van der Waals surface area contributed by atoms with Crippen molar-refractivity contribution in [3.05, 3.63) is 71.8 Å². The van der Waals surface area contributed by atoms with Crippen molar-refractivity contribution in [3.63, 3.8) is 0 Å². The maximum atomic E-state index is 12.7. The average molecular weight is 420 g/mol. The zero-order chi connectivity index (χ0) is 21.5. The van der Waals surface area contributed by atoms with E-state index < -0.39 is 0 Å². The third-order valence-corrected chi connectivity index (χ3v) is 6.99. The van der Waals surface area contributed by atoms with Gasteiger partial charge in [-0.1, -0.05) is 60.7 Å². The number of likely N-dealkylation sites (tertiary alicyclic amines) is 2. The van der Waals surface area contributed by atoms with Gasteiger partial charge in [-0.3, -0.25) is 9.69 Å². The number of rotatable bonds is 8. The Morgan fingerprint density at radius 3 is 2.10 bits per heavy atom. The summed E-state index contributed by atoms with van der Waals surface area (Å²) in [6.07, 6.45) is 4.33. The SMILES string of the molecule is CN(Cc1ccccc1)C(=O)CC1CCN(C[C@@H]2CCN(Cc3ccccc3)C2)CC1. The van der Waals surface area contributed by atoms with Crippen LogP contribution in [0.15, 0.2) is 60.7 Å². The van der Waals surface area contributed by atoms with Crippen molar-refractivity contribution < 1.29 is 4.79 Å². The van der Waals surface area contributed by atoms with Crippen molar-refractivity contribution in [3.8, 4) is 0 Å². The molecule has 2 aromatic rings. The van der Waals surface area contributed by atoms with Gasteiger partial charge in [-0.05, 0) is 61.9 Å². The van der Waals surface area contributed by atoms with Gasteiger partial charge in [0.1, 0.15) is 0 Å². The van der Waals surface area contributed by atoms with Gasteiger partial charge in [0.05, 0.1) is 0 Å². The summed E-state index contributed by atoms with van der Waals surface area (Å²) >= 11 is 0. The number of benzene rings is 2. The molecule has 0 radical (unpaired) electrons. The van der Waals surface area contributed by atoms with Gasteiger partial charge < -0.3 is 9.80 Å². The van der Waals surface area contributed by atoms with Crippen LogP contribution in [0, 0.1) is 11.8 Å². The minimum Gasteiger partial charge on any atom is -0.341 e. The van der Waals surface area contributed by atoms with Crippen LogP contribution in [0.1, 0.15) is 36.8 Å². The zero-order valence-electron chi connectivity index (χ0n) is 19.0. The highest BCUT2D eigenvalue weighted by Gasteiger charge is 2.27. The minimum atomic E-state index is 0.287. The van der Waals surface area contributed by atoms with E-state index in [1.165, 1.54) is 37.2 Å². The highest BCUT2D eigenvalue weighted by atomic mass is 16.2. The smallest absolute Gasteiger partial charge is 0.222 e. The third-order valence-electron chi connectivity index (χ3n) is 6.99. The summed E-state index contributed by atoms with van der Waals surface area (Å²) < 4.78 is 0. The van der Waals surface area contributed by atoms with E-state index in [-0.39, 0.29) is 5.91 Å². The lowest BCUT2D eigenvalue weighted by Crippen LogP contribution is -2.39. The molecule has 0 aliphatic carbocycles. The van der Waals surface area contributed by atoms with E-state index in [1.807, 2.05) is 30.1 Å². The largest absolute Gasteiger partial charge is 0.341 e. The molecule has 4 rings (SSSR count). The van der Waals surface area contributed by atoms with Gasteiger partial charge in [-0.25, -0.2) is 0 Å². The quantitative estimate of drug-likeness (QED) is 0.639. The van der Waals surface area contributed by atoms with E-state index in [0.29, 0.717) is 18.9 Å². The summed E-state index contributed by atoms with van der Waals surface area (Å²) in [5.41, 5.74) is 2.62. The lowest BCUT2D eigenvalue weighted by atomic mass is 9.92. The van der Waals surface area contributed by atoms with Crippen LogP contribution >= 0.6 is 0 Å². The molecule has 2 aromatic carbocycles. The van der Waals surface area contributed by atoms with Crippen LogP contribution in [0.4, 0.5) is 0 Å². The van der Waals surface area contributed by atoms with Crippen molar-refractivity contribution in [1.82, 2.24) is 14.7 Å². The Balaban J connectivity index is 1.14. The Kier molecular flexibility index (Phi) is 7.76. The molecule has 4 heteroatoms. The van der Waals surface area contributed by atoms with Gasteiger partial charge in [-0.15, -0.1) is 0 Å². The molecule has 0 bridgehead atoms. The lowest BCUT2D eigenvalue weighted by Gasteiger charge is -2.34. The molecule has 0 N–H and O–H groups in total. The number of hydrogen-bond acceptors (Lipinski definition) is 3. The van der Waals surface area contributed by atoms with Gasteiger partial charge in [0.15, 0.2) is 0 Å². The predicted molar refractivity (Wildman–Crippen MR) is 127 cm³/mol. The standard InChI is InChI=1S/C27H37N3O/c1-28(19-24-8-4-2-5-9-24)27(31)18-23-12-15-29(16-13-23)21-26-14-17-30(22-26)20-25-10-6-3-7-11-25/h2-11,23,26H,12-22H2,1H3/t26-/m0/s1. The van der Waals surface area contributed by atoms with Crippen molar-refractivity contribution in [2.75, 3.05) is 39.8 Å². The number of hydrogen-bond donors (Lipinski definition) is 0. The van der Waals surface area contributed by atoms with Crippen LogP contribution in [0.25, 0.3) is 0 Å². The zero-order valence-corrected chi connectivity index (χ0v) is 19.0. The second kappa shape index (κ2) is 10.9. The van der Waals surface area contributed by atoms with Crippen molar-refractivity contribution in [1.29, 1.82) is 0 Å². The molecule has 4 nitrogen and oxygen atoms in total. The lowest BCUT2D eigenvalue weighted by molar-refractivity contribution is -0.131. The van der Waals surface area contributed by atoms with E-state index in [4.69, 9.17) is 0 Å². The number of amides is 1. The van der Waals surface area contributed by atoms with Crippen molar-refractivity contribution >= 4 is 5.91 Å². The summed E-state index contributed by atoms with van der Waals surface area (Å²) in [6.45, 7) is 7.75. The van der Waals surface area contributed by atoms with Crippen LogP contribution in [0.2, 0.25) is 0 Å². The molecule has 31 heavy (non-hydrogen) atoms. The molecule has 0 unspecified atom stereocenters. The van der Waals surface area contributed by atoms with Crippen molar-refractivity contribution in [2.24, 2.45) is 11.8 Å². The molecule has 0 spiro atoms. The second-order valence-electron chi connectivity index (χ2n) is 9.56. The predicted octanol–water partition coefficient (Wildman–Crippen LogP) is 4.27. The van der Waals surface area contributed by atoms with E-state index in [0.717, 1.165) is 38.4 Å². The Morgan fingerprint density at radius 2 is 1.42 bits per heavy atom. The molecule has 2 saturated heterocycles. The molecule has 2 heterocycles. The third kappa shape index (κ3) is 6.65. The fourth-order valence-electron chi connectivity index (χ4n) is 5.13. The Hall–Kier alpha value is -2.17. The van der Waals surface area contributed by atoms with Gasteiger partial charge in [0.2, 0.25) is 5.91 Å². The summed E-state index contributed by atoms with van der Waals surface area (Å²) in [7, 11) is 1.94. The summed E-state index contributed by atoms with van der Waals surface area (Å²) in [6, 6.07) is 21.1. The van der Waals surface area contributed by atoms with E-state index in [2.05, 4.69) is 52.3 Å². The van der Waals surface area contributed by atoms with Crippen LogP contribution in [-0.2, 0) is 17.9 Å². The van der Waals surface area contributed by atoms with Crippen LogP contribution in [0.3, 0.4) is 0 Å². The van der Waals surface area contributed by atoms with Gasteiger partial charge >= 0.3 is 0 Å². The average Bonchev–Trinajstić information content (AvgIpc) is 3.23. The monoisotopic (exact) mass is 419 g/mol. The normalized spacial score (nSPS) is 20.7. The first-order chi connectivity index (χ1) is 15.2. The first kappa shape index (κ1) is 22.0. The fraction of sp³-hybridized carbons (Fsp3) is 0.519. The summed E-state index contributed by atoms with van der Waals surface area (Å²) in [5.74, 6) is 1.62. The number of piperidine rings is 1. The number of carbonyl (C=O) groups is 1. The minimum absolute atomic E-state index is 0.287. The van der Waals surface area contributed by atoms with Crippen LogP contribution < -0.4 is 0 Å². The highest BCUT2D eigenvalue weighted by molar-refractivity contribution is 5.76. The van der Waals surface area contributed by atoms with E-state index in [1.54, 1.807) is 0 Å². The molecule has 2 fully saturated rings. The van der Waals surface area contributed by atoms with E-state index >= 15 is 0 Å². The molecule has 0 aromatic heterocycles. The molecule has 1 atom stereocenters. The number of carbonyl (C=O) groups excluding carboxylic acids is 1. The Labute approximate surface area is 187 Å². The molecule has 2 aliphatic rings. The van der Waals surface area contributed by atoms with Crippen LogP contribution in [-0.4, -0.2) is 60.4 Å².